The molecule has 1 aromatic carbocycles. The topological polar surface area (TPSA) is 51.8 Å². The molecule has 3 aromatic rings. The molecule has 0 spiro atoms. The van der Waals surface area contributed by atoms with Crippen LogP contribution in [0.4, 0.5) is 0 Å². The van der Waals surface area contributed by atoms with E-state index in [1.54, 1.807) is 6.20 Å². The van der Waals surface area contributed by atoms with Crippen LogP contribution in [0.5, 0.6) is 0 Å². The molecule has 4 rings (SSSR count). The van der Waals surface area contributed by atoms with Crippen molar-refractivity contribution < 1.29 is 4.52 Å². The standard InChI is InChI=1S/C22H25N3O/c1-2-5-16-7-9-17(10-8-16)18-11-13-19(14-12-18)21-24-22(26-25-21)20-6-3-4-15-23-20/h3-4,6,11-17H,2,5,7-10H2,1H3. The Labute approximate surface area is 154 Å². The molecule has 0 radical (unpaired) electrons. The average molecular weight is 347 g/mol. The third kappa shape index (κ3) is 3.69. The van der Waals surface area contributed by atoms with Gasteiger partial charge in [0.2, 0.25) is 5.82 Å². The van der Waals surface area contributed by atoms with Crippen molar-refractivity contribution in [3.8, 4) is 23.0 Å². The maximum Gasteiger partial charge on any atom is 0.276 e. The Bertz CT molecular complexity index is 818. The van der Waals surface area contributed by atoms with E-state index in [-0.39, 0.29) is 0 Å². The first-order chi connectivity index (χ1) is 12.8. The van der Waals surface area contributed by atoms with Gasteiger partial charge in [0.25, 0.3) is 5.89 Å². The van der Waals surface area contributed by atoms with E-state index in [9.17, 15) is 0 Å². The summed E-state index contributed by atoms with van der Waals surface area (Å²) >= 11 is 0. The van der Waals surface area contributed by atoms with Crippen molar-refractivity contribution in [1.29, 1.82) is 0 Å². The van der Waals surface area contributed by atoms with Crippen LogP contribution in [-0.4, -0.2) is 15.1 Å². The summed E-state index contributed by atoms with van der Waals surface area (Å²) in [5.41, 5.74) is 3.13. The Hall–Kier alpha value is -2.49. The number of benzene rings is 1. The van der Waals surface area contributed by atoms with Crippen molar-refractivity contribution in [3.63, 3.8) is 0 Å². The number of hydrogen-bond acceptors (Lipinski definition) is 4. The lowest BCUT2D eigenvalue weighted by Crippen LogP contribution is -2.13. The largest absolute Gasteiger partial charge is 0.332 e. The molecule has 1 fully saturated rings. The summed E-state index contributed by atoms with van der Waals surface area (Å²) in [6.45, 7) is 2.29. The summed E-state index contributed by atoms with van der Waals surface area (Å²) < 4.78 is 5.36. The van der Waals surface area contributed by atoms with Gasteiger partial charge in [0, 0.05) is 11.8 Å². The van der Waals surface area contributed by atoms with Crippen LogP contribution >= 0.6 is 0 Å². The summed E-state index contributed by atoms with van der Waals surface area (Å²) in [6, 6.07) is 14.3. The van der Waals surface area contributed by atoms with E-state index in [0.29, 0.717) is 23.3 Å². The summed E-state index contributed by atoms with van der Waals surface area (Å²) in [7, 11) is 0. The van der Waals surface area contributed by atoms with Crippen molar-refractivity contribution in [2.24, 2.45) is 5.92 Å². The number of nitrogens with zero attached hydrogens (tertiary/aromatic N) is 3. The number of rotatable bonds is 5. The third-order valence-electron chi connectivity index (χ3n) is 5.49. The molecule has 0 atom stereocenters. The third-order valence-corrected chi connectivity index (χ3v) is 5.49. The minimum atomic E-state index is 0.457. The van der Waals surface area contributed by atoms with Gasteiger partial charge in [-0.2, -0.15) is 4.98 Å². The van der Waals surface area contributed by atoms with Gasteiger partial charge in [0.15, 0.2) is 0 Å². The van der Waals surface area contributed by atoms with Gasteiger partial charge in [-0.05, 0) is 55.2 Å². The van der Waals surface area contributed by atoms with Gasteiger partial charge in [-0.25, -0.2) is 0 Å². The van der Waals surface area contributed by atoms with Crippen molar-refractivity contribution in [2.75, 3.05) is 0 Å². The molecule has 4 heteroatoms. The first-order valence-electron chi connectivity index (χ1n) is 9.69. The maximum absolute atomic E-state index is 5.36. The molecule has 134 valence electrons. The Kier molecular flexibility index (Phi) is 5.09. The quantitative estimate of drug-likeness (QED) is 0.579. The van der Waals surface area contributed by atoms with Crippen LogP contribution in [0.15, 0.2) is 53.2 Å². The molecule has 4 nitrogen and oxygen atoms in total. The highest BCUT2D eigenvalue weighted by molar-refractivity contribution is 5.58. The molecular weight excluding hydrogens is 322 g/mol. The molecule has 0 bridgehead atoms. The molecule has 0 N–H and O–H groups in total. The normalized spacial score (nSPS) is 20.2. The zero-order valence-electron chi connectivity index (χ0n) is 15.3. The molecule has 0 saturated heterocycles. The minimum absolute atomic E-state index is 0.457. The van der Waals surface area contributed by atoms with E-state index in [0.717, 1.165) is 11.5 Å². The first kappa shape index (κ1) is 17.0. The fourth-order valence-electron chi connectivity index (χ4n) is 4.03. The summed E-state index contributed by atoms with van der Waals surface area (Å²) in [6.07, 6.45) is 9.81. The molecule has 1 aliphatic rings. The highest BCUT2D eigenvalue weighted by Gasteiger charge is 2.22. The highest BCUT2D eigenvalue weighted by atomic mass is 16.5. The Balaban J connectivity index is 1.45. The molecule has 2 heterocycles. The summed E-state index contributed by atoms with van der Waals surface area (Å²) in [4.78, 5) is 8.74. The SMILES string of the molecule is CCCC1CCC(c2ccc(-c3noc(-c4ccccn4)n3)cc2)CC1. The van der Waals surface area contributed by atoms with Crippen LogP contribution in [0, 0.1) is 5.92 Å². The average Bonchev–Trinajstić information content (AvgIpc) is 3.20. The predicted molar refractivity (Wildman–Crippen MR) is 103 cm³/mol. The fourth-order valence-corrected chi connectivity index (χ4v) is 4.03. The van der Waals surface area contributed by atoms with Gasteiger partial charge in [0.05, 0.1) is 0 Å². The highest BCUT2D eigenvalue weighted by Crippen LogP contribution is 2.37. The number of hydrogen-bond donors (Lipinski definition) is 0. The summed E-state index contributed by atoms with van der Waals surface area (Å²) in [5.74, 6) is 2.72. The molecule has 1 saturated carbocycles. The van der Waals surface area contributed by atoms with Gasteiger partial charge in [-0.3, -0.25) is 4.98 Å². The zero-order valence-corrected chi connectivity index (χ0v) is 15.3. The smallest absolute Gasteiger partial charge is 0.276 e. The van der Waals surface area contributed by atoms with Crippen molar-refractivity contribution in [1.82, 2.24) is 15.1 Å². The van der Waals surface area contributed by atoms with Gasteiger partial charge in [0.1, 0.15) is 5.69 Å². The minimum Gasteiger partial charge on any atom is -0.332 e. The Morgan fingerprint density at radius 3 is 2.50 bits per heavy atom. The number of pyridine rings is 1. The molecule has 26 heavy (non-hydrogen) atoms. The lowest BCUT2D eigenvalue weighted by molar-refractivity contribution is 0.308. The van der Waals surface area contributed by atoms with Crippen LogP contribution in [0.2, 0.25) is 0 Å². The van der Waals surface area contributed by atoms with E-state index >= 15 is 0 Å². The van der Waals surface area contributed by atoms with E-state index in [1.807, 2.05) is 18.2 Å². The molecule has 2 aromatic heterocycles. The van der Waals surface area contributed by atoms with Gasteiger partial charge in [-0.15, -0.1) is 0 Å². The van der Waals surface area contributed by atoms with Gasteiger partial charge in [-0.1, -0.05) is 55.3 Å². The Morgan fingerprint density at radius 2 is 1.81 bits per heavy atom. The molecule has 0 unspecified atom stereocenters. The van der Waals surface area contributed by atoms with Crippen molar-refractivity contribution in [2.45, 2.75) is 51.4 Å². The van der Waals surface area contributed by atoms with Crippen LogP contribution < -0.4 is 0 Å². The van der Waals surface area contributed by atoms with Crippen LogP contribution in [0.3, 0.4) is 0 Å². The second kappa shape index (κ2) is 7.81. The van der Waals surface area contributed by atoms with Gasteiger partial charge < -0.3 is 4.52 Å². The van der Waals surface area contributed by atoms with E-state index < -0.39 is 0 Å². The lowest BCUT2D eigenvalue weighted by Gasteiger charge is -2.28. The predicted octanol–water partition coefficient (Wildman–Crippen LogP) is 5.87. The molecule has 0 amide bonds. The van der Waals surface area contributed by atoms with Crippen LogP contribution in [0.1, 0.15) is 56.9 Å². The first-order valence-corrected chi connectivity index (χ1v) is 9.69. The van der Waals surface area contributed by atoms with E-state index in [4.69, 9.17) is 4.52 Å². The van der Waals surface area contributed by atoms with Crippen molar-refractivity contribution in [3.05, 3.63) is 54.2 Å². The number of aromatic nitrogens is 3. The maximum atomic E-state index is 5.36. The van der Waals surface area contributed by atoms with E-state index in [2.05, 4.69) is 46.3 Å². The monoisotopic (exact) mass is 347 g/mol. The van der Waals surface area contributed by atoms with Crippen molar-refractivity contribution >= 4 is 0 Å². The fraction of sp³-hybridized carbons (Fsp3) is 0.409. The second-order valence-electron chi connectivity index (χ2n) is 7.27. The Morgan fingerprint density at radius 1 is 1.00 bits per heavy atom. The van der Waals surface area contributed by atoms with Gasteiger partial charge >= 0.3 is 0 Å². The molecular formula is C22H25N3O. The second-order valence-corrected chi connectivity index (χ2v) is 7.27. The molecule has 0 aliphatic heterocycles. The van der Waals surface area contributed by atoms with E-state index in [1.165, 1.54) is 44.1 Å². The summed E-state index contributed by atoms with van der Waals surface area (Å²) in [5, 5.41) is 4.11. The van der Waals surface area contributed by atoms with Crippen LogP contribution in [0.25, 0.3) is 23.0 Å². The lowest BCUT2D eigenvalue weighted by atomic mass is 9.77. The molecule has 1 aliphatic carbocycles. The van der Waals surface area contributed by atoms with Crippen LogP contribution in [-0.2, 0) is 0 Å². The zero-order chi connectivity index (χ0) is 17.8.